The molecule has 0 spiro atoms. The van der Waals surface area contributed by atoms with Gasteiger partial charge in [-0.3, -0.25) is 0 Å². The number of aliphatic hydroxyl groups excluding tert-OH is 4. The molecule has 0 aromatic carbocycles. The normalized spacial score (nSPS) is 33.3. The summed E-state index contributed by atoms with van der Waals surface area (Å²) in [6.45, 7) is 1.59. The minimum atomic E-state index is -1.84. The number of aliphatic hydroxyl groups is 5. The third-order valence-corrected chi connectivity index (χ3v) is 4.42. The molecular formula is C16H32O6. The van der Waals surface area contributed by atoms with Gasteiger partial charge in [-0.05, 0) is 6.42 Å². The van der Waals surface area contributed by atoms with Crippen LogP contribution in [0.1, 0.15) is 64.7 Å². The zero-order valence-corrected chi connectivity index (χ0v) is 13.5. The molecule has 1 saturated heterocycles. The zero-order valence-electron chi connectivity index (χ0n) is 13.5. The van der Waals surface area contributed by atoms with Crippen LogP contribution in [0.4, 0.5) is 0 Å². The molecule has 1 rings (SSSR count). The molecule has 0 aromatic heterocycles. The summed E-state index contributed by atoms with van der Waals surface area (Å²) in [6.07, 6.45) is 3.66. The van der Waals surface area contributed by atoms with E-state index in [1.807, 2.05) is 0 Å². The Hall–Kier alpha value is -0.240. The van der Waals surface area contributed by atoms with E-state index in [9.17, 15) is 20.4 Å². The van der Waals surface area contributed by atoms with Gasteiger partial charge in [0.15, 0.2) is 5.79 Å². The van der Waals surface area contributed by atoms with Crippen LogP contribution in [0.15, 0.2) is 0 Å². The molecule has 22 heavy (non-hydrogen) atoms. The van der Waals surface area contributed by atoms with E-state index in [-0.39, 0.29) is 6.42 Å². The van der Waals surface area contributed by atoms with Crippen molar-refractivity contribution in [3.05, 3.63) is 0 Å². The number of rotatable bonds is 11. The third-order valence-electron chi connectivity index (χ3n) is 4.42. The van der Waals surface area contributed by atoms with E-state index in [2.05, 4.69) is 6.92 Å². The zero-order chi connectivity index (χ0) is 16.6. The lowest BCUT2D eigenvalue weighted by atomic mass is 9.97. The van der Waals surface area contributed by atoms with Crippen LogP contribution in [0.5, 0.6) is 0 Å². The fourth-order valence-corrected chi connectivity index (χ4v) is 2.95. The average molecular weight is 320 g/mol. The van der Waals surface area contributed by atoms with Crippen molar-refractivity contribution in [1.29, 1.82) is 0 Å². The van der Waals surface area contributed by atoms with Crippen LogP contribution in [0.25, 0.3) is 0 Å². The molecule has 6 nitrogen and oxygen atoms in total. The quantitative estimate of drug-likeness (QED) is 0.358. The first-order valence-corrected chi connectivity index (χ1v) is 8.51. The van der Waals surface area contributed by atoms with Gasteiger partial charge in [0.2, 0.25) is 0 Å². The van der Waals surface area contributed by atoms with Crippen LogP contribution in [0.2, 0.25) is 0 Å². The van der Waals surface area contributed by atoms with Gasteiger partial charge in [0.1, 0.15) is 24.4 Å². The van der Waals surface area contributed by atoms with Gasteiger partial charge in [0, 0.05) is 6.42 Å². The lowest BCUT2D eigenvalue weighted by molar-refractivity contribution is -0.242. The highest BCUT2D eigenvalue weighted by molar-refractivity contribution is 4.97. The Labute approximate surface area is 132 Å². The molecule has 5 N–H and O–H groups in total. The van der Waals surface area contributed by atoms with Gasteiger partial charge in [-0.25, -0.2) is 0 Å². The predicted octanol–water partition coefficient (Wildman–Crippen LogP) is 0.680. The smallest absolute Gasteiger partial charge is 0.195 e. The van der Waals surface area contributed by atoms with Gasteiger partial charge >= 0.3 is 0 Å². The number of ether oxygens (including phenoxy) is 1. The summed E-state index contributed by atoms with van der Waals surface area (Å²) in [5.74, 6) is -1.84. The molecule has 132 valence electrons. The molecule has 6 heteroatoms. The Balaban J connectivity index is 2.26. The van der Waals surface area contributed by atoms with Crippen LogP contribution in [0, 0.1) is 0 Å². The van der Waals surface area contributed by atoms with Gasteiger partial charge in [-0.1, -0.05) is 51.9 Å². The number of hydrogen-bond acceptors (Lipinski definition) is 6. The van der Waals surface area contributed by atoms with E-state index >= 15 is 0 Å². The van der Waals surface area contributed by atoms with Gasteiger partial charge in [-0.2, -0.15) is 0 Å². The Morgan fingerprint density at radius 2 is 1.55 bits per heavy atom. The maximum absolute atomic E-state index is 10.3. The van der Waals surface area contributed by atoms with Crippen molar-refractivity contribution in [1.82, 2.24) is 0 Å². The molecule has 0 aromatic rings. The van der Waals surface area contributed by atoms with E-state index in [4.69, 9.17) is 9.84 Å². The van der Waals surface area contributed by atoms with Crippen molar-refractivity contribution in [2.24, 2.45) is 0 Å². The highest BCUT2D eigenvalue weighted by Gasteiger charge is 2.54. The van der Waals surface area contributed by atoms with Crippen molar-refractivity contribution >= 4 is 0 Å². The molecule has 0 radical (unpaired) electrons. The number of unbranched alkanes of at least 4 members (excludes halogenated alkanes) is 7. The monoisotopic (exact) mass is 320 g/mol. The second kappa shape index (κ2) is 9.80. The second-order valence-electron chi connectivity index (χ2n) is 6.34. The first kappa shape index (κ1) is 19.8. The van der Waals surface area contributed by atoms with E-state index in [0.717, 1.165) is 19.3 Å². The maximum Gasteiger partial charge on any atom is 0.195 e. The summed E-state index contributed by atoms with van der Waals surface area (Å²) in [4.78, 5) is 0. The molecule has 1 heterocycles. The van der Waals surface area contributed by atoms with E-state index in [1.165, 1.54) is 25.7 Å². The maximum atomic E-state index is 10.3. The topological polar surface area (TPSA) is 110 Å². The minimum Gasteiger partial charge on any atom is -0.394 e. The second-order valence-corrected chi connectivity index (χ2v) is 6.34. The lowest BCUT2D eigenvalue weighted by Crippen LogP contribution is -2.43. The van der Waals surface area contributed by atoms with Crippen LogP contribution in [-0.4, -0.2) is 62.3 Å². The highest BCUT2D eigenvalue weighted by Crippen LogP contribution is 2.34. The van der Waals surface area contributed by atoms with Gasteiger partial charge in [-0.15, -0.1) is 0 Å². The molecule has 1 aliphatic rings. The van der Waals surface area contributed by atoms with Crippen molar-refractivity contribution in [3.8, 4) is 0 Å². The van der Waals surface area contributed by atoms with Crippen LogP contribution < -0.4 is 0 Å². The molecular weight excluding hydrogens is 288 g/mol. The van der Waals surface area contributed by atoms with Gasteiger partial charge in [0.25, 0.3) is 0 Å². The molecule has 0 saturated carbocycles. The molecule has 0 bridgehead atoms. The van der Waals surface area contributed by atoms with Crippen molar-refractivity contribution < 1.29 is 30.3 Å². The predicted molar refractivity (Wildman–Crippen MR) is 82.2 cm³/mol. The molecule has 0 aliphatic carbocycles. The van der Waals surface area contributed by atoms with E-state index in [1.54, 1.807) is 0 Å². The van der Waals surface area contributed by atoms with Gasteiger partial charge in [0.05, 0.1) is 6.61 Å². The fraction of sp³-hybridized carbons (Fsp3) is 1.00. The van der Waals surface area contributed by atoms with Crippen molar-refractivity contribution in [3.63, 3.8) is 0 Å². The summed E-state index contributed by atoms with van der Waals surface area (Å²) < 4.78 is 5.23. The standard InChI is InChI=1S/C16H32O6/c1-2-3-4-5-6-7-8-9-10-16(21)15(20)13(19)14(22-16)12(18)11-17/h12-15,17-21H,2-11H2,1H3/t12-,13+,14+,15-,16-/m1/s1. The SMILES string of the molecule is CCCCCCCCCC[C@@]1(O)O[C@@H]([C@H](O)CO)[C@H](O)[C@H]1O. The minimum absolute atomic E-state index is 0.203. The number of hydrogen-bond donors (Lipinski definition) is 5. The Bertz CT molecular complexity index is 300. The van der Waals surface area contributed by atoms with Crippen LogP contribution in [-0.2, 0) is 4.74 Å². The van der Waals surface area contributed by atoms with Gasteiger partial charge < -0.3 is 30.3 Å². The molecule has 5 atom stereocenters. The highest BCUT2D eigenvalue weighted by atomic mass is 16.7. The Morgan fingerprint density at radius 3 is 2.09 bits per heavy atom. The lowest BCUT2D eigenvalue weighted by Gasteiger charge is -2.26. The Kier molecular flexibility index (Phi) is 8.82. The first-order valence-electron chi connectivity index (χ1n) is 8.51. The summed E-state index contributed by atoms with van der Waals surface area (Å²) >= 11 is 0. The first-order chi connectivity index (χ1) is 10.5. The molecule has 0 amide bonds. The third kappa shape index (κ3) is 5.44. The van der Waals surface area contributed by atoms with Crippen LogP contribution in [0.3, 0.4) is 0 Å². The summed E-state index contributed by atoms with van der Waals surface area (Å²) in [6, 6.07) is 0. The fourth-order valence-electron chi connectivity index (χ4n) is 2.95. The average Bonchev–Trinajstić information content (AvgIpc) is 2.74. The molecule has 0 unspecified atom stereocenters. The molecule has 1 aliphatic heterocycles. The summed E-state index contributed by atoms with van der Waals surface area (Å²) in [7, 11) is 0. The van der Waals surface area contributed by atoms with E-state index in [0.29, 0.717) is 6.42 Å². The largest absolute Gasteiger partial charge is 0.394 e. The summed E-state index contributed by atoms with van der Waals surface area (Å²) in [5.41, 5.74) is 0. The van der Waals surface area contributed by atoms with E-state index < -0.39 is 36.8 Å². The van der Waals surface area contributed by atoms with Crippen molar-refractivity contribution in [2.75, 3.05) is 6.61 Å². The molecule has 1 fully saturated rings. The van der Waals surface area contributed by atoms with Crippen molar-refractivity contribution in [2.45, 2.75) is 94.9 Å². The Morgan fingerprint density at radius 1 is 1.00 bits per heavy atom. The summed E-state index contributed by atoms with van der Waals surface area (Å²) in [5, 5.41) is 48.5. The van der Waals surface area contributed by atoms with Crippen LogP contribution >= 0.6 is 0 Å².